The second kappa shape index (κ2) is 4.24. The summed E-state index contributed by atoms with van der Waals surface area (Å²) in [4.78, 5) is 0. The largest absolute Gasteiger partial charge is 0.396 e. The average molecular weight is 165 g/mol. The number of hydrogen-bond donors (Lipinski definition) is 2. The molecule has 3 N–H and O–H groups in total. The summed E-state index contributed by atoms with van der Waals surface area (Å²) in [6.45, 7) is 2.15. The summed E-state index contributed by atoms with van der Waals surface area (Å²) in [5.74, 6) is 0. The molecule has 0 radical (unpaired) electrons. The van der Waals surface area contributed by atoms with Crippen molar-refractivity contribution in [3.05, 3.63) is 35.4 Å². The Balaban J connectivity index is 2.81. The lowest BCUT2D eigenvalue weighted by molar-refractivity contribution is 0.299. The molecule has 1 rings (SSSR count). The van der Waals surface area contributed by atoms with Gasteiger partial charge in [-0.3, -0.25) is 0 Å². The van der Waals surface area contributed by atoms with Crippen molar-refractivity contribution in [2.24, 2.45) is 5.73 Å². The Bertz CT molecular complexity index is 245. The zero-order chi connectivity index (χ0) is 8.97. The van der Waals surface area contributed by atoms with Gasteiger partial charge in [-0.15, -0.1) is 0 Å². The minimum atomic E-state index is 0.0728. The third-order valence-corrected chi connectivity index (χ3v) is 1.88. The summed E-state index contributed by atoms with van der Waals surface area (Å²) in [7, 11) is 0. The molecule has 2 nitrogen and oxygen atoms in total. The highest BCUT2D eigenvalue weighted by atomic mass is 16.2. The molecule has 1 aromatic carbocycles. The van der Waals surface area contributed by atoms with E-state index in [1.54, 1.807) is 0 Å². The maximum atomic E-state index is 8.72. The van der Waals surface area contributed by atoms with Gasteiger partial charge in [-0.1, -0.05) is 24.3 Å². The van der Waals surface area contributed by atoms with Crippen LogP contribution in [-0.2, 0) is 6.42 Å². The van der Waals surface area contributed by atoms with Gasteiger partial charge in [-0.25, -0.2) is 0 Å². The summed E-state index contributed by atoms with van der Waals surface area (Å²) in [5, 5.41) is 8.72. The fourth-order valence-electron chi connectivity index (χ4n) is 1.16. The molecule has 0 spiro atoms. The molecule has 0 aliphatic rings. The van der Waals surface area contributed by atoms with Gasteiger partial charge in [0.25, 0.3) is 0 Å². The van der Waals surface area contributed by atoms with Crippen LogP contribution in [0.3, 0.4) is 0 Å². The molecular weight excluding hydrogens is 150 g/mol. The van der Waals surface area contributed by atoms with E-state index < -0.39 is 0 Å². The zero-order valence-electron chi connectivity index (χ0n) is 7.33. The van der Waals surface area contributed by atoms with E-state index in [4.69, 9.17) is 10.8 Å². The van der Waals surface area contributed by atoms with Crippen LogP contribution in [0.4, 0.5) is 0 Å². The minimum absolute atomic E-state index is 0.0728. The predicted octanol–water partition coefficient (Wildman–Crippen LogP) is 1.24. The first-order valence-electron chi connectivity index (χ1n) is 4.19. The first-order valence-corrected chi connectivity index (χ1v) is 4.19. The summed E-state index contributed by atoms with van der Waals surface area (Å²) >= 11 is 0. The molecule has 0 heterocycles. The van der Waals surface area contributed by atoms with Crippen molar-refractivity contribution in [2.45, 2.75) is 19.4 Å². The molecule has 0 fully saturated rings. The first-order chi connectivity index (χ1) is 5.74. The Kier molecular flexibility index (Phi) is 3.26. The van der Waals surface area contributed by atoms with E-state index in [0.29, 0.717) is 6.42 Å². The second-order valence-electron chi connectivity index (χ2n) is 3.01. The summed E-state index contributed by atoms with van der Waals surface area (Å²) < 4.78 is 0. The van der Waals surface area contributed by atoms with Crippen LogP contribution in [0.25, 0.3) is 0 Å². The van der Waals surface area contributed by atoms with Gasteiger partial charge in [0, 0.05) is 12.6 Å². The number of nitrogens with two attached hydrogens (primary N) is 1. The molecule has 0 unspecified atom stereocenters. The lowest BCUT2D eigenvalue weighted by Gasteiger charge is -2.06. The Morgan fingerprint density at radius 1 is 1.50 bits per heavy atom. The van der Waals surface area contributed by atoms with Crippen molar-refractivity contribution in [1.29, 1.82) is 0 Å². The molecule has 66 valence electrons. The van der Waals surface area contributed by atoms with Crippen molar-refractivity contribution in [2.75, 3.05) is 6.61 Å². The summed E-state index contributed by atoms with van der Waals surface area (Å²) in [6, 6.07) is 8.10. The number of rotatable bonds is 3. The summed E-state index contributed by atoms with van der Waals surface area (Å²) in [6.07, 6.45) is 0.709. The topological polar surface area (TPSA) is 46.2 Å². The lowest BCUT2D eigenvalue weighted by atomic mass is 10.0. The van der Waals surface area contributed by atoms with Crippen molar-refractivity contribution < 1.29 is 5.11 Å². The van der Waals surface area contributed by atoms with Gasteiger partial charge in [0.1, 0.15) is 0 Å². The van der Waals surface area contributed by atoms with Crippen LogP contribution in [0.15, 0.2) is 24.3 Å². The van der Waals surface area contributed by atoms with Crippen molar-refractivity contribution >= 4 is 0 Å². The van der Waals surface area contributed by atoms with Crippen LogP contribution in [0.5, 0.6) is 0 Å². The van der Waals surface area contributed by atoms with Crippen LogP contribution in [-0.4, -0.2) is 11.7 Å². The van der Waals surface area contributed by atoms with Gasteiger partial charge in [-0.2, -0.15) is 0 Å². The average Bonchev–Trinajstić information content (AvgIpc) is 2.05. The molecule has 0 saturated heterocycles. The molecule has 0 bridgehead atoms. The highest BCUT2D eigenvalue weighted by Crippen LogP contribution is 2.11. The Labute approximate surface area is 73.0 Å². The Morgan fingerprint density at radius 2 is 2.25 bits per heavy atom. The number of aliphatic hydroxyl groups excluding tert-OH is 1. The monoisotopic (exact) mass is 165 g/mol. The molecule has 0 aromatic heterocycles. The highest BCUT2D eigenvalue weighted by molar-refractivity contribution is 5.25. The quantitative estimate of drug-likeness (QED) is 0.708. The van der Waals surface area contributed by atoms with Gasteiger partial charge in [-0.05, 0) is 24.5 Å². The van der Waals surface area contributed by atoms with E-state index in [-0.39, 0.29) is 12.6 Å². The third-order valence-electron chi connectivity index (χ3n) is 1.88. The Morgan fingerprint density at radius 3 is 2.83 bits per heavy atom. The maximum absolute atomic E-state index is 8.72. The van der Waals surface area contributed by atoms with Crippen LogP contribution in [0, 0.1) is 0 Å². The number of benzene rings is 1. The van der Waals surface area contributed by atoms with Crippen molar-refractivity contribution in [1.82, 2.24) is 0 Å². The van der Waals surface area contributed by atoms with Crippen LogP contribution >= 0.6 is 0 Å². The van der Waals surface area contributed by atoms with E-state index in [1.165, 1.54) is 0 Å². The molecule has 0 amide bonds. The molecule has 12 heavy (non-hydrogen) atoms. The maximum Gasteiger partial charge on any atom is 0.0471 e. The second-order valence-corrected chi connectivity index (χ2v) is 3.01. The van der Waals surface area contributed by atoms with E-state index in [0.717, 1.165) is 11.1 Å². The summed E-state index contributed by atoms with van der Waals surface area (Å²) in [5.41, 5.74) is 7.99. The van der Waals surface area contributed by atoms with E-state index in [2.05, 4.69) is 0 Å². The van der Waals surface area contributed by atoms with Gasteiger partial charge in [0.2, 0.25) is 0 Å². The number of hydrogen-bond acceptors (Lipinski definition) is 2. The first kappa shape index (κ1) is 9.23. The fraction of sp³-hybridized carbons (Fsp3) is 0.400. The molecule has 2 heteroatoms. The molecule has 1 aromatic rings. The minimum Gasteiger partial charge on any atom is -0.396 e. The fourth-order valence-corrected chi connectivity index (χ4v) is 1.16. The van der Waals surface area contributed by atoms with E-state index >= 15 is 0 Å². The third kappa shape index (κ3) is 2.32. The highest BCUT2D eigenvalue weighted by Gasteiger charge is 1.99. The van der Waals surface area contributed by atoms with Crippen LogP contribution in [0.2, 0.25) is 0 Å². The van der Waals surface area contributed by atoms with Gasteiger partial charge >= 0.3 is 0 Å². The molecule has 0 saturated carbocycles. The zero-order valence-corrected chi connectivity index (χ0v) is 7.33. The smallest absolute Gasteiger partial charge is 0.0471 e. The van der Waals surface area contributed by atoms with E-state index in [9.17, 15) is 0 Å². The lowest BCUT2D eigenvalue weighted by Crippen LogP contribution is -2.05. The van der Waals surface area contributed by atoms with Crippen LogP contribution in [0.1, 0.15) is 24.1 Å². The standard InChI is InChI=1S/C10H15NO/c1-8(11)10-4-2-3-9(7-10)5-6-12/h2-4,7-8,12H,5-6,11H2,1H3/t8-/m1/s1. The van der Waals surface area contributed by atoms with Crippen molar-refractivity contribution in [3.8, 4) is 0 Å². The van der Waals surface area contributed by atoms with Crippen LogP contribution < -0.4 is 5.73 Å². The van der Waals surface area contributed by atoms with Crippen molar-refractivity contribution in [3.63, 3.8) is 0 Å². The normalized spacial score (nSPS) is 12.9. The predicted molar refractivity (Wildman–Crippen MR) is 49.8 cm³/mol. The van der Waals surface area contributed by atoms with Gasteiger partial charge in [0.05, 0.1) is 0 Å². The SMILES string of the molecule is C[C@@H](N)c1cccc(CCO)c1. The Hall–Kier alpha value is -0.860. The molecule has 1 atom stereocenters. The van der Waals surface area contributed by atoms with Gasteiger partial charge < -0.3 is 10.8 Å². The number of aliphatic hydroxyl groups is 1. The van der Waals surface area contributed by atoms with Gasteiger partial charge in [0.15, 0.2) is 0 Å². The molecule has 0 aliphatic heterocycles. The molecule has 0 aliphatic carbocycles. The van der Waals surface area contributed by atoms with E-state index in [1.807, 2.05) is 31.2 Å². The molecular formula is C10H15NO.